The molecule has 2 nitrogen and oxygen atoms in total. The average molecular weight is 211 g/mol. The lowest BCUT2D eigenvalue weighted by atomic mass is 10.1. The first-order valence-corrected chi connectivity index (χ1v) is 5.11. The van der Waals surface area contributed by atoms with Gasteiger partial charge < -0.3 is 9.64 Å². The van der Waals surface area contributed by atoms with E-state index in [4.69, 9.17) is 4.74 Å². The van der Waals surface area contributed by atoms with E-state index >= 15 is 0 Å². The zero-order chi connectivity index (χ0) is 11.3. The lowest BCUT2D eigenvalue weighted by molar-refractivity contribution is 0.374. The van der Waals surface area contributed by atoms with Crippen LogP contribution in [0.3, 0.4) is 0 Å². The lowest BCUT2D eigenvalue weighted by Crippen LogP contribution is -2.13. The van der Waals surface area contributed by atoms with Gasteiger partial charge in [-0.2, -0.15) is 0 Å². The highest BCUT2D eigenvalue weighted by atomic mass is 19.1. The Hall–Kier alpha value is -1.09. The molecule has 0 unspecified atom stereocenters. The molecular formula is C12H18FNO. The predicted octanol–water partition coefficient (Wildman–Crippen LogP) is 2.33. The standard InChI is InChI=1S/C12H18FNO/c1-14(2)9-5-7-10-6-4-8-11(13)12(10)15-3/h4,6,8H,5,7,9H2,1-3H3. The Balaban J connectivity index is 2.64. The molecule has 0 aliphatic carbocycles. The normalized spacial score (nSPS) is 10.7. The monoisotopic (exact) mass is 211 g/mol. The van der Waals surface area contributed by atoms with Crippen LogP contribution in [-0.4, -0.2) is 32.6 Å². The summed E-state index contributed by atoms with van der Waals surface area (Å²) in [6.07, 6.45) is 1.85. The van der Waals surface area contributed by atoms with Crippen molar-refractivity contribution in [2.24, 2.45) is 0 Å². The Morgan fingerprint density at radius 1 is 1.33 bits per heavy atom. The van der Waals surface area contributed by atoms with E-state index in [1.54, 1.807) is 6.07 Å². The fourth-order valence-corrected chi connectivity index (χ4v) is 1.56. The van der Waals surface area contributed by atoms with Crippen molar-refractivity contribution in [3.05, 3.63) is 29.6 Å². The zero-order valence-corrected chi connectivity index (χ0v) is 9.59. The molecule has 0 saturated carbocycles. The maximum atomic E-state index is 13.3. The van der Waals surface area contributed by atoms with Gasteiger partial charge in [0.05, 0.1) is 7.11 Å². The van der Waals surface area contributed by atoms with E-state index in [9.17, 15) is 4.39 Å². The third-order valence-electron chi connectivity index (χ3n) is 2.30. The molecule has 0 saturated heterocycles. The Labute approximate surface area is 90.7 Å². The van der Waals surface area contributed by atoms with Gasteiger partial charge in [-0.15, -0.1) is 0 Å². The topological polar surface area (TPSA) is 12.5 Å². The molecule has 0 fully saturated rings. The quantitative estimate of drug-likeness (QED) is 0.741. The number of para-hydroxylation sites is 1. The van der Waals surface area contributed by atoms with Crippen LogP contribution < -0.4 is 4.74 Å². The first kappa shape index (κ1) is 12.0. The van der Waals surface area contributed by atoms with E-state index < -0.39 is 0 Å². The van der Waals surface area contributed by atoms with Crippen LogP contribution in [0.4, 0.5) is 4.39 Å². The lowest BCUT2D eigenvalue weighted by Gasteiger charge is -2.11. The highest BCUT2D eigenvalue weighted by molar-refractivity contribution is 5.34. The van der Waals surface area contributed by atoms with Crippen molar-refractivity contribution in [2.75, 3.05) is 27.7 Å². The van der Waals surface area contributed by atoms with Gasteiger partial charge in [-0.05, 0) is 45.1 Å². The van der Waals surface area contributed by atoms with Crippen LogP contribution in [0.2, 0.25) is 0 Å². The third-order valence-corrected chi connectivity index (χ3v) is 2.30. The molecule has 0 radical (unpaired) electrons. The summed E-state index contributed by atoms with van der Waals surface area (Å²) in [7, 11) is 5.57. The summed E-state index contributed by atoms with van der Waals surface area (Å²) >= 11 is 0. The van der Waals surface area contributed by atoms with E-state index in [0.29, 0.717) is 5.75 Å². The molecule has 0 heterocycles. The van der Waals surface area contributed by atoms with Crippen molar-refractivity contribution in [3.8, 4) is 5.75 Å². The van der Waals surface area contributed by atoms with Gasteiger partial charge in [-0.1, -0.05) is 12.1 Å². The predicted molar refractivity (Wildman–Crippen MR) is 59.8 cm³/mol. The van der Waals surface area contributed by atoms with Crippen LogP contribution >= 0.6 is 0 Å². The smallest absolute Gasteiger partial charge is 0.165 e. The molecule has 1 rings (SSSR count). The number of nitrogens with zero attached hydrogens (tertiary/aromatic N) is 1. The molecule has 0 atom stereocenters. The first-order chi connectivity index (χ1) is 7.15. The van der Waals surface area contributed by atoms with Crippen molar-refractivity contribution in [1.82, 2.24) is 4.90 Å². The van der Waals surface area contributed by atoms with Crippen LogP contribution in [0.1, 0.15) is 12.0 Å². The van der Waals surface area contributed by atoms with Crippen molar-refractivity contribution >= 4 is 0 Å². The van der Waals surface area contributed by atoms with Gasteiger partial charge in [0.15, 0.2) is 11.6 Å². The number of methoxy groups -OCH3 is 1. The molecule has 0 amide bonds. The molecular weight excluding hydrogens is 193 g/mol. The molecule has 3 heteroatoms. The van der Waals surface area contributed by atoms with Crippen molar-refractivity contribution in [3.63, 3.8) is 0 Å². The van der Waals surface area contributed by atoms with E-state index in [0.717, 1.165) is 24.9 Å². The fraction of sp³-hybridized carbons (Fsp3) is 0.500. The molecule has 0 aliphatic rings. The van der Waals surface area contributed by atoms with Gasteiger partial charge >= 0.3 is 0 Å². The minimum atomic E-state index is -0.278. The number of halogens is 1. The molecule has 1 aromatic carbocycles. The second-order valence-electron chi connectivity index (χ2n) is 3.84. The SMILES string of the molecule is COc1c(F)cccc1CCCN(C)C. The maximum Gasteiger partial charge on any atom is 0.165 e. The van der Waals surface area contributed by atoms with Crippen molar-refractivity contribution in [2.45, 2.75) is 12.8 Å². The van der Waals surface area contributed by atoms with Gasteiger partial charge in [0.2, 0.25) is 0 Å². The summed E-state index contributed by atoms with van der Waals surface area (Å²) in [6, 6.07) is 5.06. The van der Waals surface area contributed by atoms with Crippen LogP contribution in [0, 0.1) is 5.82 Å². The summed E-state index contributed by atoms with van der Waals surface area (Å²) in [4.78, 5) is 2.12. The zero-order valence-electron chi connectivity index (χ0n) is 9.59. The number of ether oxygens (including phenoxy) is 1. The average Bonchev–Trinajstić information content (AvgIpc) is 2.17. The highest BCUT2D eigenvalue weighted by Crippen LogP contribution is 2.23. The minimum absolute atomic E-state index is 0.278. The van der Waals surface area contributed by atoms with Gasteiger partial charge in [0.25, 0.3) is 0 Å². The molecule has 84 valence electrons. The molecule has 15 heavy (non-hydrogen) atoms. The molecule has 0 bridgehead atoms. The Bertz CT molecular complexity index is 312. The number of hydrogen-bond acceptors (Lipinski definition) is 2. The Morgan fingerprint density at radius 2 is 2.07 bits per heavy atom. The molecule has 0 aliphatic heterocycles. The van der Waals surface area contributed by atoms with Crippen LogP contribution in [0.25, 0.3) is 0 Å². The van der Waals surface area contributed by atoms with Gasteiger partial charge in [0.1, 0.15) is 0 Å². The van der Waals surface area contributed by atoms with Crippen LogP contribution in [0.15, 0.2) is 18.2 Å². The number of rotatable bonds is 5. The van der Waals surface area contributed by atoms with Gasteiger partial charge in [0, 0.05) is 0 Å². The minimum Gasteiger partial charge on any atom is -0.493 e. The van der Waals surface area contributed by atoms with E-state index in [2.05, 4.69) is 4.90 Å². The summed E-state index contributed by atoms with van der Waals surface area (Å²) in [5.41, 5.74) is 0.944. The summed E-state index contributed by atoms with van der Waals surface area (Å²) < 4.78 is 18.3. The number of benzene rings is 1. The number of hydrogen-bond donors (Lipinski definition) is 0. The Kier molecular flexibility index (Phi) is 4.56. The van der Waals surface area contributed by atoms with Crippen LogP contribution in [0.5, 0.6) is 5.75 Å². The summed E-state index contributed by atoms with van der Waals surface area (Å²) in [5.74, 6) is 0.108. The largest absolute Gasteiger partial charge is 0.493 e. The fourth-order valence-electron chi connectivity index (χ4n) is 1.56. The third kappa shape index (κ3) is 3.51. The molecule has 0 spiro atoms. The summed E-state index contributed by atoms with van der Waals surface area (Å²) in [6.45, 7) is 1.000. The van der Waals surface area contributed by atoms with Crippen LogP contribution in [-0.2, 0) is 6.42 Å². The van der Waals surface area contributed by atoms with Crippen molar-refractivity contribution < 1.29 is 9.13 Å². The van der Waals surface area contributed by atoms with E-state index in [1.807, 2.05) is 20.2 Å². The number of aryl methyl sites for hydroxylation is 1. The second kappa shape index (κ2) is 5.71. The van der Waals surface area contributed by atoms with Gasteiger partial charge in [-0.25, -0.2) is 4.39 Å². The molecule has 0 N–H and O–H groups in total. The van der Waals surface area contributed by atoms with Crippen molar-refractivity contribution in [1.29, 1.82) is 0 Å². The Morgan fingerprint density at radius 3 is 2.67 bits per heavy atom. The van der Waals surface area contributed by atoms with Gasteiger partial charge in [-0.3, -0.25) is 0 Å². The maximum absolute atomic E-state index is 13.3. The molecule has 0 aromatic heterocycles. The first-order valence-electron chi connectivity index (χ1n) is 5.11. The second-order valence-corrected chi connectivity index (χ2v) is 3.84. The molecule has 1 aromatic rings. The highest BCUT2D eigenvalue weighted by Gasteiger charge is 2.07. The van der Waals surface area contributed by atoms with E-state index in [1.165, 1.54) is 13.2 Å². The summed E-state index contributed by atoms with van der Waals surface area (Å²) in [5, 5.41) is 0. The van der Waals surface area contributed by atoms with E-state index in [-0.39, 0.29) is 5.82 Å².